The van der Waals surface area contributed by atoms with Crippen molar-refractivity contribution in [1.29, 1.82) is 0 Å². The van der Waals surface area contributed by atoms with Crippen LogP contribution in [-0.2, 0) is 4.74 Å². The zero-order chi connectivity index (χ0) is 11.4. The van der Waals surface area contributed by atoms with Crippen LogP contribution in [0.5, 0.6) is 5.88 Å². The summed E-state index contributed by atoms with van der Waals surface area (Å²) in [7, 11) is 1.51. The van der Waals surface area contributed by atoms with E-state index in [1.165, 1.54) is 19.5 Å². The van der Waals surface area contributed by atoms with Crippen LogP contribution >= 0.6 is 11.8 Å². The van der Waals surface area contributed by atoms with Gasteiger partial charge in [0.2, 0.25) is 5.88 Å². The van der Waals surface area contributed by atoms with Crippen molar-refractivity contribution >= 4 is 11.8 Å². The number of methoxy groups -OCH3 is 1. The van der Waals surface area contributed by atoms with E-state index in [2.05, 4.69) is 9.97 Å². The lowest BCUT2D eigenvalue weighted by molar-refractivity contribution is -0.0258. The summed E-state index contributed by atoms with van der Waals surface area (Å²) < 4.78 is 10.6. The fourth-order valence-corrected chi connectivity index (χ4v) is 2.45. The van der Waals surface area contributed by atoms with Crippen molar-refractivity contribution in [3.63, 3.8) is 0 Å². The molecule has 0 amide bonds. The number of rotatable bonds is 3. The largest absolute Gasteiger partial charge is 0.480 e. The van der Waals surface area contributed by atoms with Gasteiger partial charge in [0.25, 0.3) is 0 Å². The second-order valence-electron chi connectivity index (χ2n) is 3.38. The van der Waals surface area contributed by atoms with E-state index in [9.17, 15) is 5.11 Å². The molecule has 6 heteroatoms. The van der Waals surface area contributed by atoms with E-state index in [-0.39, 0.29) is 6.10 Å². The maximum atomic E-state index is 10.1. The molecule has 0 aromatic carbocycles. The number of ether oxygens (including phenoxy) is 2. The van der Waals surface area contributed by atoms with Crippen molar-refractivity contribution in [2.75, 3.05) is 25.2 Å². The summed E-state index contributed by atoms with van der Waals surface area (Å²) in [5.41, 5.74) is 0.442. The predicted octanol–water partition coefficient (Wildman–Crippen LogP) is 0.651. The Morgan fingerprint density at radius 3 is 3.06 bits per heavy atom. The third kappa shape index (κ3) is 2.45. The van der Waals surface area contributed by atoms with Crippen molar-refractivity contribution in [2.24, 2.45) is 0 Å². The van der Waals surface area contributed by atoms with Crippen LogP contribution in [0.15, 0.2) is 12.4 Å². The molecule has 2 rings (SSSR count). The molecule has 2 heterocycles. The summed E-state index contributed by atoms with van der Waals surface area (Å²) in [6.45, 7) is 0.662. The standard InChI is InChI=1S/C10H14N2O3S/c1-14-10-8(11-2-3-12-10)9(13)7-6-16-5-4-15-7/h2-3,7,9,13H,4-6H2,1H3. The SMILES string of the molecule is COc1nccnc1C(O)C1CSCCO1. The van der Waals surface area contributed by atoms with Crippen molar-refractivity contribution in [2.45, 2.75) is 12.2 Å². The quantitative estimate of drug-likeness (QED) is 0.839. The summed E-state index contributed by atoms with van der Waals surface area (Å²) in [6.07, 6.45) is 2.06. The van der Waals surface area contributed by atoms with Crippen LogP contribution in [0.1, 0.15) is 11.8 Å². The summed E-state index contributed by atoms with van der Waals surface area (Å²) in [5, 5.41) is 10.1. The lowest BCUT2D eigenvalue weighted by Crippen LogP contribution is -2.30. The fraction of sp³-hybridized carbons (Fsp3) is 0.600. The molecule has 1 aromatic rings. The number of hydrogen-bond acceptors (Lipinski definition) is 6. The molecule has 16 heavy (non-hydrogen) atoms. The van der Waals surface area contributed by atoms with Gasteiger partial charge in [0.15, 0.2) is 0 Å². The number of nitrogens with zero attached hydrogens (tertiary/aromatic N) is 2. The Kier molecular flexibility index (Phi) is 3.98. The Balaban J connectivity index is 2.15. The van der Waals surface area contributed by atoms with Crippen molar-refractivity contribution in [3.8, 4) is 5.88 Å². The van der Waals surface area contributed by atoms with Crippen LogP contribution < -0.4 is 4.74 Å². The average molecular weight is 242 g/mol. The molecule has 5 nitrogen and oxygen atoms in total. The van der Waals surface area contributed by atoms with Gasteiger partial charge in [0, 0.05) is 23.9 Å². The Bertz CT molecular complexity index is 345. The Labute approximate surface area is 98.2 Å². The van der Waals surface area contributed by atoms with Crippen LogP contribution in [0.3, 0.4) is 0 Å². The third-order valence-corrected chi connectivity index (χ3v) is 3.38. The number of hydrogen-bond donors (Lipinski definition) is 1. The van der Waals surface area contributed by atoms with Gasteiger partial charge in [-0.05, 0) is 0 Å². The van der Waals surface area contributed by atoms with Crippen LogP contribution in [-0.4, -0.2) is 46.4 Å². The molecule has 1 N–H and O–H groups in total. The van der Waals surface area contributed by atoms with Crippen LogP contribution in [0.25, 0.3) is 0 Å². The number of aliphatic hydroxyl groups is 1. The van der Waals surface area contributed by atoms with Gasteiger partial charge in [-0.2, -0.15) is 11.8 Å². The van der Waals surface area contributed by atoms with E-state index >= 15 is 0 Å². The molecule has 1 saturated heterocycles. The molecule has 0 saturated carbocycles. The van der Waals surface area contributed by atoms with Crippen LogP contribution in [0.2, 0.25) is 0 Å². The molecular weight excluding hydrogens is 228 g/mol. The minimum absolute atomic E-state index is 0.232. The molecule has 0 aliphatic carbocycles. The van der Waals surface area contributed by atoms with Gasteiger partial charge in [-0.3, -0.25) is 4.98 Å². The minimum Gasteiger partial charge on any atom is -0.480 e. The summed E-state index contributed by atoms with van der Waals surface area (Å²) in [6, 6.07) is 0. The molecule has 1 aromatic heterocycles. The Morgan fingerprint density at radius 1 is 1.56 bits per heavy atom. The smallest absolute Gasteiger partial charge is 0.238 e. The van der Waals surface area contributed by atoms with Crippen molar-refractivity contribution in [3.05, 3.63) is 18.1 Å². The first-order valence-electron chi connectivity index (χ1n) is 5.05. The van der Waals surface area contributed by atoms with Gasteiger partial charge < -0.3 is 14.6 Å². The average Bonchev–Trinajstić information content (AvgIpc) is 2.39. The Hall–Kier alpha value is -0.850. The van der Waals surface area contributed by atoms with Gasteiger partial charge in [-0.1, -0.05) is 0 Å². The van der Waals surface area contributed by atoms with Gasteiger partial charge in [0.1, 0.15) is 11.8 Å². The van der Waals surface area contributed by atoms with E-state index in [4.69, 9.17) is 9.47 Å². The van der Waals surface area contributed by atoms with Crippen LogP contribution in [0, 0.1) is 0 Å². The molecule has 2 unspecified atom stereocenters. The van der Waals surface area contributed by atoms with Gasteiger partial charge in [-0.25, -0.2) is 4.98 Å². The predicted molar refractivity (Wildman–Crippen MR) is 60.6 cm³/mol. The summed E-state index contributed by atoms with van der Waals surface area (Å²) in [5.74, 6) is 2.09. The van der Waals surface area contributed by atoms with Gasteiger partial charge in [0.05, 0.1) is 19.8 Å². The zero-order valence-corrected chi connectivity index (χ0v) is 9.81. The molecule has 1 aliphatic heterocycles. The van der Waals surface area contributed by atoms with Crippen molar-refractivity contribution in [1.82, 2.24) is 9.97 Å². The van der Waals surface area contributed by atoms with E-state index in [1.807, 2.05) is 0 Å². The molecule has 0 bridgehead atoms. The second kappa shape index (κ2) is 5.47. The molecule has 88 valence electrons. The van der Waals surface area contributed by atoms with E-state index < -0.39 is 6.10 Å². The molecule has 1 aliphatic rings. The topological polar surface area (TPSA) is 64.5 Å². The lowest BCUT2D eigenvalue weighted by Gasteiger charge is -2.26. The normalized spacial score (nSPS) is 22.8. The molecule has 1 fully saturated rings. The number of aliphatic hydroxyl groups excluding tert-OH is 1. The third-order valence-electron chi connectivity index (χ3n) is 2.36. The van der Waals surface area contributed by atoms with Crippen molar-refractivity contribution < 1.29 is 14.6 Å². The summed E-state index contributed by atoms with van der Waals surface area (Å²) >= 11 is 1.77. The van der Waals surface area contributed by atoms with E-state index in [0.29, 0.717) is 18.2 Å². The summed E-state index contributed by atoms with van der Waals surface area (Å²) in [4.78, 5) is 8.10. The van der Waals surface area contributed by atoms with Gasteiger partial charge >= 0.3 is 0 Å². The maximum Gasteiger partial charge on any atom is 0.238 e. The lowest BCUT2D eigenvalue weighted by atomic mass is 10.1. The van der Waals surface area contributed by atoms with E-state index in [1.54, 1.807) is 11.8 Å². The van der Waals surface area contributed by atoms with E-state index in [0.717, 1.165) is 11.5 Å². The van der Waals surface area contributed by atoms with Crippen LogP contribution in [0.4, 0.5) is 0 Å². The molecule has 0 radical (unpaired) electrons. The molecule has 2 atom stereocenters. The highest BCUT2D eigenvalue weighted by Gasteiger charge is 2.28. The fourth-order valence-electron chi connectivity index (χ4n) is 1.56. The maximum absolute atomic E-state index is 10.1. The minimum atomic E-state index is -0.781. The first kappa shape index (κ1) is 11.6. The monoisotopic (exact) mass is 242 g/mol. The number of aromatic nitrogens is 2. The highest BCUT2D eigenvalue weighted by atomic mass is 32.2. The first-order valence-corrected chi connectivity index (χ1v) is 6.20. The molecule has 0 spiro atoms. The second-order valence-corrected chi connectivity index (χ2v) is 4.53. The highest BCUT2D eigenvalue weighted by Crippen LogP contribution is 2.28. The van der Waals surface area contributed by atoms with Gasteiger partial charge in [-0.15, -0.1) is 0 Å². The first-order chi connectivity index (χ1) is 7.83. The highest BCUT2D eigenvalue weighted by molar-refractivity contribution is 7.99. The Morgan fingerprint density at radius 2 is 2.38 bits per heavy atom. The molecular formula is C10H14N2O3S. The number of thioether (sulfide) groups is 1. The zero-order valence-electron chi connectivity index (χ0n) is 9.00.